The minimum absolute atomic E-state index is 0.0964. The first-order chi connectivity index (χ1) is 12.0. The molecule has 1 amide bonds. The Bertz CT molecular complexity index is 895. The standard InChI is InChI=1S/C18H17N3O3S/c1-3-11-10(2)25-18(13(11)9-19)20-17(23)16-8-14(21-24-16)12-6-4-5-7-15(12)22/h4-7,16,22H,3,8H2,1-2H3,(H,20,23)/t16-/m0/s1. The molecule has 6 nitrogen and oxygen atoms in total. The van der Waals surface area contributed by atoms with Crippen LogP contribution in [0.1, 0.15) is 34.9 Å². The van der Waals surface area contributed by atoms with E-state index in [-0.39, 0.29) is 18.1 Å². The van der Waals surface area contributed by atoms with Crippen molar-refractivity contribution in [3.63, 3.8) is 0 Å². The first-order valence-electron chi connectivity index (χ1n) is 7.89. The quantitative estimate of drug-likeness (QED) is 0.879. The highest BCUT2D eigenvalue weighted by Gasteiger charge is 2.31. The number of phenolic OH excluding ortho intramolecular Hbond substituents is 1. The number of hydrogen-bond acceptors (Lipinski definition) is 6. The van der Waals surface area contributed by atoms with E-state index in [1.165, 1.54) is 11.3 Å². The molecule has 0 saturated carbocycles. The van der Waals surface area contributed by atoms with Crippen molar-refractivity contribution >= 4 is 28.0 Å². The molecule has 2 heterocycles. The average molecular weight is 355 g/mol. The zero-order valence-electron chi connectivity index (χ0n) is 13.9. The van der Waals surface area contributed by atoms with Gasteiger partial charge in [-0.2, -0.15) is 5.26 Å². The molecule has 0 aliphatic carbocycles. The normalized spacial score (nSPS) is 16.0. The van der Waals surface area contributed by atoms with Crippen molar-refractivity contribution in [2.75, 3.05) is 5.32 Å². The Kier molecular flexibility index (Phi) is 4.72. The van der Waals surface area contributed by atoms with Crippen molar-refractivity contribution < 1.29 is 14.7 Å². The SMILES string of the molecule is CCc1c(C)sc(NC(=O)[C@@H]2CC(c3ccccc3O)=NO2)c1C#N. The number of aromatic hydroxyl groups is 1. The van der Waals surface area contributed by atoms with E-state index in [1.807, 2.05) is 13.8 Å². The molecule has 0 unspecified atom stereocenters. The third-order valence-electron chi connectivity index (χ3n) is 4.09. The second-order valence-electron chi connectivity index (χ2n) is 5.65. The summed E-state index contributed by atoms with van der Waals surface area (Å²) in [5, 5.41) is 26.5. The van der Waals surface area contributed by atoms with Crippen LogP contribution in [0.15, 0.2) is 29.4 Å². The number of carbonyl (C=O) groups excluding carboxylic acids is 1. The maximum Gasteiger partial charge on any atom is 0.269 e. The van der Waals surface area contributed by atoms with Gasteiger partial charge in [0, 0.05) is 16.9 Å². The summed E-state index contributed by atoms with van der Waals surface area (Å²) in [6.07, 6.45) is 0.214. The summed E-state index contributed by atoms with van der Waals surface area (Å²) in [6, 6.07) is 8.95. The van der Waals surface area contributed by atoms with E-state index in [4.69, 9.17) is 4.84 Å². The van der Waals surface area contributed by atoms with E-state index >= 15 is 0 Å². The molecule has 2 N–H and O–H groups in total. The summed E-state index contributed by atoms with van der Waals surface area (Å²) < 4.78 is 0. The lowest BCUT2D eigenvalue weighted by atomic mass is 10.0. The predicted molar refractivity (Wildman–Crippen MR) is 95.9 cm³/mol. The molecule has 0 radical (unpaired) electrons. The molecule has 3 rings (SSSR count). The number of aryl methyl sites for hydroxylation is 1. The van der Waals surface area contributed by atoms with Crippen LogP contribution in [0.25, 0.3) is 0 Å². The molecule has 0 saturated heterocycles. The van der Waals surface area contributed by atoms with E-state index in [0.717, 1.165) is 16.9 Å². The topological polar surface area (TPSA) is 94.7 Å². The molecular formula is C18H17N3O3S. The Morgan fingerprint density at radius 2 is 2.28 bits per heavy atom. The van der Waals surface area contributed by atoms with Gasteiger partial charge in [0.25, 0.3) is 5.91 Å². The fourth-order valence-electron chi connectivity index (χ4n) is 2.80. The Morgan fingerprint density at radius 1 is 1.52 bits per heavy atom. The first kappa shape index (κ1) is 17.0. The molecule has 0 spiro atoms. The second-order valence-corrected chi connectivity index (χ2v) is 6.87. The van der Waals surface area contributed by atoms with E-state index < -0.39 is 6.10 Å². The maximum absolute atomic E-state index is 12.5. The summed E-state index contributed by atoms with van der Waals surface area (Å²) >= 11 is 1.39. The van der Waals surface area contributed by atoms with Gasteiger partial charge in [0.1, 0.15) is 16.8 Å². The van der Waals surface area contributed by atoms with Crippen LogP contribution in [0.2, 0.25) is 0 Å². The number of rotatable bonds is 4. The van der Waals surface area contributed by atoms with Gasteiger partial charge in [0.15, 0.2) is 0 Å². The molecule has 7 heteroatoms. The van der Waals surface area contributed by atoms with Gasteiger partial charge in [-0.1, -0.05) is 24.2 Å². The van der Waals surface area contributed by atoms with Gasteiger partial charge in [-0.15, -0.1) is 11.3 Å². The van der Waals surface area contributed by atoms with Gasteiger partial charge in [-0.25, -0.2) is 0 Å². The summed E-state index contributed by atoms with van der Waals surface area (Å²) in [5.41, 5.74) is 2.55. The molecule has 1 atom stereocenters. The molecule has 25 heavy (non-hydrogen) atoms. The third-order valence-corrected chi connectivity index (χ3v) is 5.15. The highest BCUT2D eigenvalue weighted by Crippen LogP contribution is 2.33. The van der Waals surface area contributed by atoms with E-state index in [0.29, 0.717) is 21.8 Å². The maximum atomic E-state index is 12.5. The molecule has 1 aliphatic heterocycles. The van der Waals surface area contributed by atoms with Crippen LogP contribution in [0.4, 0.5) is 5.00 Å². The van der Waals surface area contributed by atoms with Crippen LogP contribution in [0.5, 0.6) is 5.75 Å². The molecule has 128 valence electrons. The lowest BCUT2D eigenvalue weighted by Crippen LogP contribution is -2.28. The Morgan fingerprint density at radius 3 is 2.96 bits per heavy atom. The second kappa shape index (κ2) is 6.95. The van der Waals surface area contributed by atoms with Crippen molar-refractivity contribution in [3.05, 3.63) is 45.8 Å². The number of hydrogen-bond donors (Lipinski definition) is 2. The number of carbonyl (C=O) groups is 1. The molecule has 1 aromatic heterocycles. The Labute approximate surface area is 149 Å². The van der Waals surface area contributed by atoms with E-state index in [1.54, 1.807) is 24.3 Å². The van der Waals surface area contributed by atoms with Gasteiger partial charge in [-0.05, 0) is 31.0 Å². The number of oxime groups is 1. The minimum Gasteiger partial charge on any atom is -0.507 e. The van der Waals surface area contributed by atoms with Crippen LogP contribution in [-0.4, -0.2) is 22.8 Å². The molecule has 1 aliphatic rings. The van der Waals surface area contributed by atoms with Crippen molar-refractivity contribution in [3.8, 4) is 11.8 Å². The first-order valence-corrected chi connectivity index (χ1v) is 8.71. The number of benzene rings is 1. The Balaban J connectivity index is 1.73. The number of anilines is 1. The van der Waals surface area contributed by atoms with Crippen LogP contribution in [0.3, 0.4) is 0 Å². The largest absolute Gasteiger partial charge is 0.507 e. The van der Waals surface area contributed by atoms with Crippen LogP contribution in [0, 0.1) is 18.3 Å². The number of nitriles is 1. The van der Waals surface area contributed by atoms with Gasteiger partial charge >= 0.3 is 0 Å². The number of thiophene rings is 1. The van der Waals surface area contributed by atoms with Gasteiger partial charge < -0.3 is 15.3 Å². The molecular weight excluding hydrogens is 338 g/mol. The van der Waals surface area contributed by atoms with Crippen LogP contribution < -0.4 is 5.32 Å². The minimum atomic E-state index is -0.784. The van der Waals surface area contributed by atoms with Gasteiger partial charge in [-0.3, -0.25) is 4.79 Å². The highest BCUT2D eigenvalue weighted by atomic mass is 32.1. The summed E-state index contributed by atoms with van der Waals surface area (Å²) in [6.45, 7) is 3.92. The number of amides is 1. The molecule has 2 aromatic rings. The fourth-order valence-corrected chi connectivity index (χ4v) is 3.90. The van der Waals surface area contributed by atoms with E-state index in [2.05, 4.69) is 16.5 Å². The van der Waals surface area contributed by atoms with Gasteiger partial charge in [0.05, 0.1) is 11.3 Å². The lowest BCUT2D eigenvalue weighted by Gasteiger charge is -2.08. The summed E-state index contributed by atoms with van der Waals surface area (Å²) in [4.78, 5) is 18.7. The van der Waals surface area contributed by atoms with Gasteiger partial charge in [0.2, 0.25) is 6.10 Å². The van der Waals surface area contributed by atoms with Crippen molar-refractivity contribution in [2.24, 2.45) is 5.16 Å². The zero-order valence-corrected chi connectivity index (χ0v) is 14.7. The number of phenols is 1. The molecule has 1 aromatic carbocycles. The smallest absolute Gasteiger partial charge is 0.269 e. The van der Waals surface area contributed by atoms with Crippen LogP contribution >= 0.6 is 11.3 Å². The number of nitrogens with one attached hydrogen (secondary N) is 1. The summed E-state index contributed by atoms with van der Waals surface area (Å²) in [5.74, 6) is -0.256. The van der Waals surface area contributed by atoms with Crippen LogP contribution in [-0.2, 0) is 16.1 Å². The lowest BCUT2D eigenvalue weighted by molar-refractivity contribution is -0.125. The van der Waals surface area contributed by atoms with Crippen molar-refractivity contribution in [2.45, 2.75) is 32.8 Å². The van der Waals surface area contributed by atoms with Crippen molar-refractivity contribution in [1.29, 1.82) is 5.26 Å². The third kappa shape index (κ3) is 3.21. The summed E-state index contributed by atoms with van der Waals surface area (Å²) in [7, 11) is 0. The monoisotopic (exact) mass is 355 g/mol. The number of nitrogens with zero attached hydrogens (tertiary/aromatic N) is 2. The molecule has 0 bridgehead atoms. The molecule has 0 fully saturated rings. The average Bonchev–Trinajstić information content (AvgIpc) is 3.19. The Hall–Kier alpha value is -2.85. The highest BCUT2D eigenvalue weighted by molar-refractivity contribution is 7.16. The zero-order chi connectivity index (χ0) is 18.0. The van der Waals surface area contributed by atoms with E-state index in [9.17, 15) is 15.2 Å². The number of para-hydroxylation sites is 1. The fraction of sp³-hybridized carbons (Fsp3) is 0.278. The predicted octanol–water partition coefficient (Wildman–Crippen LogP) is 3.33. The van der Waals surface area contributed by atoms with Crippen molar-refractivity contribution in [1.82, 2.24) is 0 Å².